The predicted molar refractivity (Wildman–Crippen MR) is 53.9 cm³/mol. The Labute approximate surface area is 93.0 Å². The lowest BCUT2D eigenvalue weighted by Crippen LogP contribution is -2.31. The van der Waals surface area contributed by atoms with Gasteiger partial charge in [-0.15, -0.1) is 0 Å². The standard InChI is InChI=1S/C10H17F3N2O/c1-14-6-8-3-5-15(7-8)9(16)2-4-10(11,12)13/h8,14H,2-7H2,1H3. The van der Waals surface area contributed by atoms with Gasteiger partial charge in [0.1, 0.15) is 0 Å². The monoisotopic (exact) mass is 238 g/mol. The van der Waals surface area contributed by atoms with Crippen molar-refractivity contribution in [3.63, 3.8) is 0 Å². The summed E-state index contributed by atoms with van der Waals surface area (Å²) in [5.41, 5.74) is 0. The van der Waals surface area contributed by atoms with Crippen LogP contribution in [0.2, 0.25) is 0 Å². The summed E-state index contributed by atoms with van der Waals surface area (Å²) >= 11 is 0. The molecule has 0 spiro atoms. The fraction of sp³-hybridized carbons (Fsp3) is 0.900. The highest BCUT2D eigenvalue weighted by Crippen LogP contribution is 2.23. The zero-order valence-electron chi connectivity index (χ0n) is 9.31. The fourth-order valence-electron chi connectivity index (χ4n) is 1.92. The Morgan fingerprint density at radius 2 is 2.19 bits per heavy atom. The minimum atomic E-state index is -4.24. The maximum absolute atomic E-state index is 11.9. The average Bonchev–Trinajstić information content (AvgIpc) is 2.62. The number of nitrogens with one attached hydrogen (secondary N) is 1. The van der Waals surface area contributed by atoms with Crippen LogP contribution in [0.1, 0.15) is 19.3 Å². The molecule has 0 aliphatic carbocycles. The van der Waals surface area contributed by atoms with E-state index in [9.17, 15) is 18.0 Å². The Balaban J connectivity index is 2.28. The Morgan fingerprint density at radius 3 is 2.75 bits per heavy atom. The molecule has 6 heteroatoms. The molecular weight excluding hydrogens is 221 g/mol. The lowest BCUT2D eigenvalue weighted by molar-refractivity contribution is -0.148. The van der Waals surface area contributed by atoms with E-state index in [1.165, 1.54) is 4.90 Å². The highest BCUT2D eigenvalue weighted by molar-refractivity contribution is 5.76. The SMILES string of the molecule is CNCC1CCN(C(=O)CCC(F)(F)F)C1. The number of carbonyl (C=O) groups is 1. The minimum absolute atomic E-state index is 0.375. The molecule has 0 bridgehead atoms. The first kappa shape index (κ1) is 13.3. The van der Waals surface area contributed by atoms with Gasteiger partial charge < -0.3 is 10.2 Å². The smallest absolute Gasteiger partial charge is 0.342 e. The van der Waals surface area contributed by atoms with Crippen molar-refractivity contribution in [3.8, 4) is 0 Å². The molecule has 1 rings (SSSR count). The summed E-state index contributed by atoms with van der Waals surface area (Å²) in [4.78, 5) is 13.0. The van der Waals surface area contributed by atoms with Gasteiger partial charge in [0.25, 0.3) is 0 Å². The third kappa shape index (κ3) is 4.38. The van der Waals surface area contributed by atoms with E-state index in [0.717, 1.165) is 13.0 Å². The number of rotatable bonds is 4. The quantitative estimate of drug-likeness (QED) is 0.803. The van der Waals surface area contributed by atoms with Crippen LogP contribution >= 0.6 is 0 Å². The topological polar surface area (TPSA) is 32.3 Å². The Morgan fingerprint density at radius 1 is 1.50 bits per heavy atom. The predicted octanol–water partition coefficient (Wildman–Crippen LogP) is 1.40. The molecule has 0 radical (unpaired) electrons. The van der Waals surface area contributed by atoms with E-state index in [2.05, 4.69) is 5.32 Å². The number of nitrogens with zero attached hydrogens (tertiary/aromatic N) is 1. The Kier molecular flexibility index (Phi) is 4.58. The molecule has 0 saturated carbocycles. The molecule has 0 aromatic rings. The fourth-order valence-corrected chi connectivity index (χ4v) is 1.92. The minimum Gasteiger partial charge on any atom is -0.342 e. The van der Waals surface area contributed by atoms with E-state index >= 15 is 0 Å². The van der Waals surface area contributed by atoms with Crippen LogP contribution in [0.3, 0.4) is 0 Å². The Hall–Kier alpha value is -0.780. The first-order valence-electron chi connectivity index (χ1n) is 5.41. The molecule has 16 heavy (non-hydrogen) atoms. The molecule has 1 fully saturated rings. The second-order valence-corrected chi connectivity index (χ2v) is 4.17. The summed E-state index contributed by atoms with van der Waals surface area (Å²) in [5.74, 6) is -0.00392. The second-order valence-electron chi connectivity index (χ2n) is 4.17. The van der Waals surface area contributed by atoms with E-state index in [1.54, 1.807) is 0 Å². The van der Waals surface area contributed by atoms with Gasteiger partial charge >= 0.3 is 6.18 Å². The highest BCUT2D eigenvalue weighted by atomic mass is 19.4. The third-order valence-electron chi connectivity index (χ3n) is 2.75. The van der Waals surface area contributed by atoms with Crippen molar-refractivity contribution in [1.82, 2.24) is 10.2 Å². The van der Waals surface area contributed by atoms with Crippen molar-refractivity contribution in [1.29, 1.82) is 0 Å². The van der Waals surface area contributed by atoms with Crippen LogP contribution in [-0.2, 0) is 4.79 Å². The van der Waals surface area contributed by atoms with Crippen LogP contribution in [0.15, 0.2) is 0 Å². The molecule has 1 aliphatic rings. The summed E-state index contributed by atoms with van der Waals surface area (Å²) < 4.78 is 35.8. The summed E-state index contributed by atoms with van der Waals surface area (Å²) in [5, 5.41) is 3.01. The van der Waals surface area contributed by atoms with Crippen LogP contribution in [-0.4, -0.2) is 43.7 Å². The van der Waals surface area contributed by atoms with Gasteiger partial charge in [0.15, 0.2) is 0 Å². The van der Waals surface area contributed by atoms with Crippen LogP contribution in [0.4, 0.5) is 13.2 Å². The molecule has 1 saturated heterocycles. The zero-order chi connectivity index (χ0) is 12.2. The van der Waals surface area contributed by atoms with Gasteiger partial charge in [0.05, 0.1) is 6.42 Å². The Bertz CT molecular complexity index is 243. The van der Waals surface area contributed by atoms with Crippen LogP contribution in [0, 0.1) is 5.92 Å². The van der Waals surface area contributed by atoms with Crippen LogP contribution in [0.5, 0.6) is 0 Å². The molecule has 94 valence electrons. The number of likely N-dealkylation sites (tertiary alicyclic amines) is 1. The number of hydrogen-bond acceptors (Lipinski definition) is 2. The number of amides is 1. The number of alkyl halides is 3. The summed E-state index contributed by atoms with van der Waals surface area (Å²) in [6, 6.07) is 0. The first-order chi connectivity index (χ1) is 7.42. The average molecular weight is 238 g/mol. The maximum Gasteiger partial charge on any atom is 0.389 e. The molecule has 3 nitrogen and oxygen atoms in total. The molecule has 1 aliphatic heterocycles. The van der Waals surface area contributed by atoms with Crippen molar-refractivity contribution >= 4 is 5.91 Å². The number of carbonyl (C=O) groups excluding carboxylic acids is 1. The second kappa shape index (κ2) is 5.52. The molecule has 0 aromatic carbocycles. The molecule has 1 heterocycles. The molecule has 1 N–H and O–H groups in total. The molecule has 1 unspecified atom stereocenters. The van der Waals surface area contributed by atoms with Crippen molar-refractivity contribution in [3.05, 3.63) is 0 Å². The van der Waals surface area contributed by atoms with Gasteiger partial charge in [-0.05, 0) is 25.9 Å². The lowest BCUT2D eigenvalue weighted by atomic mass is 10.1. The number of halogens is 3. The lowest BCUT2D eigenvalue weighted by Gasteiger charge is -2.17. The third-order valence-corrected chi connectivity index (χ3v) is 2.75. The normalized spacial score (nSPS) is 21.5. The maximum atomic E-state index is 11.9. The first-order valence-corrected chi connectivity index (χ1v) is 5.41. The number of hydrogen-bond donors (Lipinski definition) is 1. The zero-order valence-corrected chi connectivity index (χ0v) is 9.31. The summed E-state index contributed by atoms with van der Waals surface area (Å²) in [6.07, 6.45) is -4.80. The molecule has 0 aromatic heterocycles. The van der Waals surface area contributed by atoms with Crippen molar-refractivity contribution in [2.75, 3.05) is 26.7 Å². The van der Waals surface area contributed by atoms with Gasteiger partial charge in [-0.2, -0.15) is 13.2 Å². The van der Waals surface area contributed by atoms with Crippen LogP contribution < -0.4 is 5.32 Å². The van der Waals surface area contributed by atoms with Crippen molar-refractivity contribution in [2.24, 2.45) is 5.92 Å². The van der Waals surface area contributed by atoms with Gasteiger partial charge in [-0.3, -0.25) is 4.79 Å². The summed E-state index contributed by atoms with van der Waals surface area (Å²) in [6.45, 7) is 1.98. The van der Waals surface area contributed by atoms with Gasteiger partial charge in [0.2, 0.25) is 5.91 Å². The van der Waals surface area contributed by atoms with Gasteiger partial charge in [-0.1, -0.05) is 0 Å². The van der Waals surface area contributed by atoms with Crippen molar-refractivity contribution in [2.45, 2.75) is 25.4 Å². The van der Waals surface area contributed by atoms with E-state index in [4.69, 9.17) is 0 Å². The molecule has 1 amide bonds. The van der Waals surface area contributed by atoms with E-state index in [-0.39, 0.29) is 5.91 Å². The van der Waals surface area contributed by atoms with Gasteiger partial charge in [-0.25, -0.2) is 0 Å². The largest absolute Gasteiger partial charge is 0.389 e. The van der Waals surface area contributed by atoms with E-state index in [1.807, 2.05) is 7.05 Å². The summed E-state index contributed by atoms with van der Waals surface area (Å²) in [7, 11) is 1.83. The van der Waals surface area contributed by atoms with E-state index in [0.29, 0.717) is 19.0 Å². The van der Waals surface area contributed by atoms with Gasteiger partial charge in [0, 0.05) is 19.5 Å². The highest BCUT2D eigenvalue weighted by Gasteiger charge is 2.31. The molecule has 1 atom stereocenters. The van der Waals surface area contributed by atoms with Crippen LogP contribution in [0.25, 0.3) is 0 Å². The molecular formula is C10H17F3N2O. The van der Waals surface area contributed by atoms with Crippen molar-refractivity contribution < 1.29 is 18.0 Å². The van der Waals surface area contributed by atoms with E-state index < -0.39 is 19.0 Å².